The molecule has 0 bridgehead atoms. The van der Waals surface area contributed by atoms with E-state index < -0.39 is 26.8 Å². The minimum absolute atomic E-state index is 0.125. The molecule has 1 aliphatic rings. The maximum absolute atomic E-state index is 11.9. The summed E-state index contributed by atoms with van der Waals surface area (Å²) in [6, 6.07) is -1.37. The molecule has 1 aliphatic heterocycles. The Morgan fingerprint density at radius 3 is 2.95 bits per heavy atom. The van der Waals surface area contributed by atoms with Gasteiger partial charge < -0.3 is 4.90 Å². The van der Waals surface area contributed by atoms with Gasteiger partial charge in [0.05, 0.1) is 10.4 Å². The lowest BCUT2D eigenvalue weighted by atomic mass is 9.90. The van der Waals surface area contributed by atoms with Gasteiger partial charge in [-0.2, -0.15) is 0 Å². The van der Waals surface area contributed by atoms with Crippen molar-refractivity contribution in [3.8, 4) is 0 Å². The first-order chi connectivity index (χ1) is 10.7. The zero-order valence-electron chi connectivity index (χ0n) is 15.5. The first-order valence-electron chi connectivity index (χ1n) is 8.71. The molecule has 0 unspecified atom stereocenters. The van der Waals surface area contributed by atoms with Gasteiger partial charge in [0.25, 0.3) is 0 Å². The van der Waals surface area contributed by atoms with Crippen molar-refractivity contribution in [3.05, 3.63) is 29.7 Å². The summed E-state index contributed by atoms with van der Waals surface area (Å²) < 4.78 is 56.0. The highest BCUT2D eigenvalue weighted by molar-refractivity contribution is 7.90. The summed E-state index contributed by atoms with van der Waals surface area (Å²) in [7, 11) is -3.78. The van der Waals surface area contributed by atoms with E-state index in [9.17, 15) is 8.42 Å². The fourth-order valence-corrected chi connectivity index (χ4v) is 3.07. The Morgan fingerprint density at radius 1 is 1.47 bits per heavy atom. The molecule has 2 rings (SSSR count). The molecule has 3 nitrogen and oxygen atoms in total. The highest BCUT2D eigenvalue weighted by Gasteiger charge is 2.21. The van der Waals surface area contributed by atoms with Crippen LogP contribution in [0.15, 0.2) is 29.1 Å². The van der Waals surface area contributed by atoms with Crippen LogP contribution in [0.1, 0.15) is 43.2 Å². The van der Waals surface area contributed by atoms with Gasteiger partial charge in [-0.3, -0.25) is 0 Å². The molecule has 0 N–H and O–H groups in total. The quantitative estimate of drug-likeness (QED) is 0.853. The minimum atomic E-state index is -3.78. The van der Waals surface area contributed by atoms with Crippen molar-refractivity contribution in [1.29, 1.82) is 0 Å². The predicted molar refractivity (Wildman–Crippen MR) is 78.3 cm³/mol. The van der Waals surface area contributed by atoms with E-state index in [1.165, 1.54) is 0 Å². The van der Waals surface area contributed by atoms with E-state index in [1.54, 1.807) is 0 Å². The van der Waals surface area contributed by atoms with E-state index in [-0.39, 0.29) is 18.0 Å². The molecule has 1 heterocycles. The molecule has 0 radical (unpaired) electrons. The van der Waals surface area contributed by atoms with Gasteiger partial charge in [-0.15, -0.1) is 0 Å². The highest BCUT2D eigenvalue weighted by atomic mass is 32.2. The Bertz CT molecular complexity index is 704. The third-order valence-electron chi connectivity index (χ3n) is 3.45. The van der Waals surface area contributed by atoms with E-state index in [0.717, 1.165) is 38.6 Å². The maximum Gasteiger partial charge on any atom is 0.175 e. The molecule has 19 heavy (non-hydrogen) atoms. The summed E-state index contributed by atoms with van der Waals surface area (Å²) in [5, 5.41) is 0. The summed E-state index contributed by atoms with van der Waals surface area (Å²) in [6.07, 6.45) is 3.67. The van der Waals surface area contributed by atoms with Gasteiger partial charge in [0, 0.05) is 12.8 Å². The fraction of sp³-hybridized carbons (Fsp3) is 0.600. The molecule has 1 saturated heterocycles. The summed E-state index contributed by atoms with van der Waals surface area (Å²) in [6.45, 7) is 4.66. The normalized spacial score (nSPS) is 24.4. The average molecular weight is 285 g/mol. The van der Waals surface area contributed by atoms with Crippen molar-refractivity contribution >= 4 is 9.84 Å². The Kier molecular flexibility index (Phi) is 3.17. The van der Waals surface area contributed by atoms with Crippen LogP contribution in [0.4, 0.5) is 0 Å². The van der Waals surface area contributed by atoms with Crippen LogP contribution in [0.5, 0.6) is 0 Å². The topological polar surface area (TPSA) is 37.4 Å². The number of hydrogen-bond acceptors (Lipinski definition) is 3. The number of sulfone groups is 1. The van der Waals surface area contributed by atoms with E-state index in [2.05, 4.69) is 11.8 Å². The number of piperidine rings is 1. The molecule has 0 amide bonds. The molecule has 106 valence electrons. The second-order valence-electron chi connectivity index (χ2n) is 5.15. The monoisotopic (exact) mass is 285 g/mol. The van der Waals surface area contributed by atoms with Crippen LogP contribution < -0.4 is 0 Å². The Morgan fingerprint density at radius 2 is 2.26 bits per heavy atom. The van der Waals surface area contributed by atoms with Crippen molar-refractivity contribution in [3.63, 3.8) is 0 Å². The molecule has 4 heteroatoms. The Hall–Kier alpha value is -0.870. The fourth-order valence-electron chi connectivity index (χ4n) is 2.54. The average Bonchev–Trinajstić information content (AvgIpc) is 2.44. The van der Waals surface area contributed by atoms with Crippen LogP contribution >= 0.6 is 0 Å². The van der Waals surface area contributed by atoms with E-state index in [0.29, 0.717) is 12.1 Å². The SMILES string of the molecule is [2H]c1c([2H])c([C@H]2CCCN(CCC)C2)c([2H])c(S(C)(=O)=O)c1[2H]. The lowest BCUT2D eigenvalue weighted by Crippen LogP contribution is -2.34. The first kappa shape index (κ1) is 9.94. The van der Waals surface area contributed by atoms with E-state index in [1.807, 2.05) is 0 Å². The Balaban J connectivity index is 2.56. The van der Waals surface area contributed by atoms with Gasteiger partial charge in [0.1, 0.15) is 0 Å². The lowest BCUT2D eigenvalue weighted by molar-refractivity contribution is 0.208. The smallest absolute Gasteiger partial charge is 0.175 e. The zero-order chi connectivity index (χ0) is 17.4. The number of likely N-dealkylation sites (tertiary alicyclic amines) is 1. The van der Waals surface area contributed by atoms with Crippen molar-refractivity contribution in [2.45, 2.75) is 37.0 Å². The molecule has 1 fully saturated rings. The second kappa shape index (κ2) is 6.06. The van der Waals surface area contributed by atoms with Gasteiger partial charge in [0.2, 0.25) is 0 Å². The minimum Gasteiger partial charge on any atom is -0.303 e. The maximum atomic E-state index is 11.9. The van der Waals surface area contributed by atoms with Gasteiger partial charge >= 0.3 is 0 Å². The van der Waals surface area contributed by atoms with E-state index >= 15 is 0 Å². The summed E-state index contributed by atoms with van der Waals surface area (Å²) >= 11 is 0. The number of benzene rings is 1. The summed E-state index contributed by atoms with van der Waals surface area (Å²) in [5.74, 6) is -0.125. The molecule has 1 atom stereocenters. The van der Waals surface area contributed by atoms with Crippen molar-refractivity contribution in [1.82, 2.24) is 4.90 Å². The van der Waals surface area contributed by atoms with Crippen LogP contribution in [0.3, 0.4) is 0 Å². The second-order valence-corrected chi connectivity index (χ2v) is 7.11. The molecule has 1 aromatic carbocycles. The van der Waals surface area contributed by atoms with Crippen molar-refractivity contribution in [2.24, 2.45) is 0 Å². The first-order valence-corrected chi connectivity index (χ1v) is 8.60. The number of hydrogen-bond donors (Lipinski definition) is 0. The zero-order valence-corrected chi connectivity index (χ0v) is 12.3. The Labute approximate surface area is 122 Å². The summed E-state index contributed by atoms with van der Waals surface area (Å²) in [5.41, 5.74) is 0.312. The van der Waals surface area contributed by atoms with Gasteiger partial charge in [-0.1, -0.05) is 19.0 Å². The van der Waals surface area contributed by atoms with Gasteiger partial charge in [-0.05, 0) is 55.9 Å². The third-order valence-corrected chi connectivity index (χ3v) is 4.39. The third kappa shape index (κ3) is 3.80. The van der Waals surface area contributed by atoms with Crippen molar-refractivity contribution < 1.29 is 13.9 Å². The van der Waals surface area contributed by atoms with Gasteiger partial charge in [0.15, 0.2) is 9.84 Å². The van der Waals surface area contributed by atoms with Crippen LogP contribution in [-0.4, -0.2) is 39.2 Å². The molecule has 0 aromatic heterocycles. The van der Waals surface area contributed by atoms with Crippen molar-refractivity contribution in [2.75, 3.05) is 25.9 Å². The molecule has 0 saturated carbocycles. The summed E-state index contributed by atoms with van der Waals surface area (Å²) in [4.78, 5) is 1.84. The standard InChI is InChI=1S/C15H23NO2S/c1-3-9-16-10-5-7-14(12-16)13-6-4-8-15(11-13)19(2,17)18/h4,6,8,11,14H,3,5,7,9-10,12H2,1-2H3/t14-/m0/s1/i4D,6D,8D,11D. The molecule has 1 aromatic rings. The molecule has 0 aliphatic carbocycles. The van der Waals surface area contributed by atoms with Crippen LogP contribution in [0.25, 0.3) is 0 Å². The molecular weight excluding hydrogens is 258 g/mol. The van der Waals surface area contributed by atoms with Crippen LogP contribution in [0, 0.1) is 0 Å². The number of nitrogens with zero attached hydrogens (tertiary/aromatic N) is 1. The highest BCUT2D eigenvalue weighted by Crippen LogP contribution is 2.28. The number of rotatable bonds is 4. The predicted octanol–water partition coefficient (Wildman–Crippen LogP) is 2.68. The largest absolute Gasteiger partial charge is 0.303 e. The van der Waals surface area contributed by atoms with Crippen LogP contribution in [-0.2, 0) is 9.84 Å². The van der Waals surface area contributed by atoms with Gasteiger partial charge in [-0.25, -0.2) is 8.42 Å². The molecule has 0 spiro atoms. The van der Waals surface area contributed by atoms with Crippen LogP contribution in [0.2, 0.25) is 0 Å². The molecular formula is C15H23NO2S. The lowest BCUT2D eigenvalue weighted by Gasteiger charge is -2.32. The van der Waals surface area contributed by atoms with E-state index in [4.69, 9.17) is 5.48 Å².